The normalized spacial score (nSPS) is 11.0. The topological polar surface area (TPSA) is 38.0 Å². The van der Waals surface area contributed by atoms with Gasteiger partial charge in [-0.25, -0.2) is 0 Å². The summed E-state index contributed by atoms with van der Waals surface area (Å²) < 4.78 is 1.96. The molecule has 0 saturated carbocycles. The van der Waals surface area contributed by atoms with Gasteiger partial charge in [0.2, 0.25) is 0 Å². The van der Waals surface area contributed by atoms with Crippen LogP contribution in [0.1, 0.15) is 25.6 Å². The van der Waals surface area contributed by atoms with Crippen LogP contribution in [-0.2, 0) is 5.75 Å². The minimum absolute atomic E-state index is 0.308. The zero-order valence-electron chi connectivity index (χ0n) is 10.00. The summed E-state index contributed by atoms with van der Waals surface area (Å²) in [6, 6.07) is 9.72. The number of hydrogen-bond donors (Lipinski definition) is 1. The van der Waals surface area contributed by atoms with Crippen LogP contribution in [0, 0.1) is 0 Å². The first-order chi connectivity index (χ1) is 8.15. The van der Waals surface area contributed by atoms with Crippen molar-refractivity contribution < 1.29 is 5.11 Å². The van der Waals surface area contributed by atoms with Gasteiger partial charge in [-0.2, -0.15) is 5.10 Å². The second-order valence-corrected chi connectivity index (χ2v) is 5.22. The molecule has 3 nitrogen and oxygen atoms in total. The number of rotatable bonds is 4. The fraction of sp³-hybridized carbons (Fsp3) is 0.308. The number of thioether (sulfide) groups is 1. The van der Waals surface area contributed by atoms with Gasteiger partial charge in [-0.3, -0.25) is 4.68 Å². The number of phenolic OH excluding ortho intramolecular Hbond substituents is 1. The quantitative estimate of drug-likeness (QED) is 0.842. The van der Waals surface area contributed by atoms with Gasteiger partial charge >= 0.3 is 0 Å². The van der Waals surface area contributed by atoms with Gasteiger partial charge in [0.15, 0.2) is 0 Å². The molecule has 0 bridgehead atoms. The van der Waals surface area contributed by atoms with Crippen LogP contribution >= 0.6 is 11.8 Å². The molecule has 1 aromatic carbocycles. The first kappa shape index (κ1) is 12.0. The standard InChI is InChI=1S/C13H16N2OS/c1-10(2)15-7-6-11(14-15)9-17-13-5-3-4-12(16)8-13/h3-8,10,16H,9H2,1-2H3. The van der Waals surface area contributed by atoms with Crippen LogP contribution in [0.5, 0.6) is 5.75 Å². The Morgan fingerprint density at radius 3 is 2.82 bits per heavy atom. The van der Waals surface area contributed by atoms with Crippen molar-refractivity contribution in [2.75, 3.05) is 0 Å². The maximum atomic E-state index is 9.35. The summed E-state index contributed by atoms with van der Waals surface area (Å²) in [5.74, 6) is 1.13. The van der Waals surface area contributed by atoms with Crippen molar-refractivity contribution in [1.29, 1.82) is 0 Å². The van der Waals surface area contributed by atoms with Crippen molar-refractivity contribution in [3.8, 4) is 5.75 Å². The Hall–Kier alpha value is -1.42. The second kappa shape index (κ2) is 5.27. The van der Waals surface area contributed by atoms with Gasteiger partial charge in [0.25, 0.3) is 0 Å². The molecule has 2 rings (SSSR count). The van der Waals surface area contributed by atoms with Gasteiger partial charge in [-0.05, 0) is 38.1 Å². The summed E-state index contributed by atoms with van der Waals surface area (Å²) >= 11 is 1.68. The Balaban J connectivity index is 1.97. The molecule has 0 fully saturated rings. The van der Waals surface area contributed by atoms with E-state index in [0.29, 0.717) is 11.8 Å². The molecule has 0 atom stereocenters. The molecule has 0 aliphatic rings. The fourth-order valence-electron chi connectivity index (χ4n) is 1.47. The lowest BCUT2D eigenvalue weighted by molar-refractivity contribution is 0.474. The number of hydrogen-bond acceptors (Lipinski definition) is 3. The van der Waals surface area contributed by atoms with E-state index in [4.69, 9.17) is 0 Å². The molecule has 2 aromatic rings. The van der Waals surface area contributed by atoms with Crippen LogP contribution in [0.3, 0.4) is 0 Å². The smallest absolute Gasteiger partial charge is 0.116 e. The maximum absolute atomic E-state index is 9.35. The van der Waals surface area contributed by atoms with Crippen molar-refractivity contribution >= 4 is 11.8 Å². The van der Waals surface area contributed by atoms with Crippen LogP contribution in [0.4, 0.5) is 0 Å². The second-order valence-electron chi connectivity index (χ2n) is 4.17. The number of aromatic hydroxyl groups is 1. The number of benzene rings is 1. The van der Waals surface area contributed by atoms with Gasteiger partial charge in [-0.1, -0.05) is 6.07 Å². The highest BCUT2D eigenvalue weighted by atomic mass is 32.2. The predicted molar refractivity (Wildman–Crippen MR) is 70.3 cm³/mol. The van der Waals surface area contributed by atoms with Crippen LogP contribution in [0.15, 0.2) is 41.4 Å². The summed E-state index contributed by atoms with van der Waals surface area (Å²) in [6.45, 7) is 4.22. The van der Waals surface area contributed by atoms with Gasteiger partial charge in [0.05, 0.1) is 5.69 Å². The average molecular weight is 248 g/mol. The van der Waals surface area contributed by atoms with Crippen molar-refractivity contribution in [3.05, 3.63) is 42.2 Å². The zero-order chi connectivity index (χ0) is 12.3. The Bertz CT molecular complexity index is 494. The molecule has 0 aliphatic carbocycles. The third-order valence-corrected chi connectivity index (χ3v) is 3.42. The van der Waals surface area contributed by atoms with E-state index in [0.717, 1.165) is 16.3 Å². The Kier molecular flexibility index (Phi) is 3.74. The number of phenols is 1. The van der Waals surface area contributed by atoms with E-state index < -0.39 is 0 Å². The van der Waals surface area contributed by atoms with Crippen molar-refractivity contribution in [3.63, 3.8) is 0 Å². The van der Waals surface area contributed by atoms with E-state index >= 15 is 0 Å². The third-order valence-electron chi connectivity index (χ3n) is 2.40. The SMILES string of the molecule is CC(C)n1ccc(CSc2cccc(O)c2)n1. The summed E-state index contributed by atoms with van der Waals surface area (Å²) in [5.41, 5.74) is 1.06. The highest BCUT2D eigenvalue weighted by molar-refractivity contribution is 7.98. The first-order valence-corrected chi connectivity index (χ1v) is 6.59. The molecule has 0 spiro atoms. The minimum atomic E-state index is 0.308. The molecule has 0 unspecified atom stereocenters. The predicted octanol–water partition coefficient (Wildman–Crippen LogP) is 3.46. The number of aromatic nitrogens is 2. The van der Waals surface area contributed by atoms with Gasteiger partial charge in [-0.15, -0.1) is 11.8 Å². The summed E-state index contributed by atoms with van der Waals surface area (Å²) in [7, 11) is 0. The monoisotopic (exact) mass is 248 g/mol. The lowest BCUT2D eigenvalue weighted by Gasteiger charge is -2.04. The molecular formula is C13H16N2OS. The van der Waals surface area contributed by atoms with Crippen LogP contribution in [-0.4, -0.2) is 14.9 Å². The fourth-order valence-corrected chi connectivity index (χ4v) is 2.32. The zero-order valence-corrected chi connectivity index (χ0v) is 10.8. The molecule has 1 aromatic heterocycles. The van der Waals surface area contributed by atoms with Crippen molar-refractivity contribution in [2.45, 2.75) is 30.5 Å². The van der Waals surface area contributed by atoms with E-state index in [2.05, 4.69) is 18.9 Å². The highest BCUT2D eigenvalue weighted by Crippen LogP contribution is 2.25. The molecule has 0 radical (unpaired) electrons. The van der Waals surface area contributed by atoms with Crippen molar-refractivity contribution in [1.82, 2.24) is 9.78 Å². The molecule has 0 amide bonds. The minimum Gasteiger partial charge on any atom is -0.508 e. The van der Waals surface area contributed by atoms with E-state index in [1.807, 2.05) is 29.1 Å². The van der Waals surface area contributed by atoms with E-state index in [-0.39, 0.29) is 0 Å². The molecule has 90 valence electrons. The Morgan fingerprint density at radius 2 is 2.18 bits per heavy atom. The summed E-state index contributed by atoms with van der Waals surface area (Å²) in [6.07, 6.45) is 2.00. The molecule has 0 aliphatic heterocycles. The molecule has 17 heavy (non-hydrogen) atoms. The van der Waals surface area contributed by atoms with Crippen LogP contribution in [0.2, 0.25) is 0 Å². The molecule has 0 saturated heterocycles. The molecule has 1 N–H and O–H groups in total. The molecule has 4 heteroatoms. The van der Waals surface area contributed by atoms with Crippen LogP contribution < -0.4 is 0 Å². The summed E-state index contributed by atoms with van der Waals surface area (Å²) in [4.78, 5) is 1.06. The van der Waals surface area contributed by atoms with Crippen LogP contribution in [0.25, 0.3) is 0 Å². The summed E-state index contributed by atoms with van der Waals surface area (Å²) in [5, 5.41) is 13.8. The van der Waals surface area contributed by atoms with E-state index in [1.54, 1.807) is 23.9 Å². The highest BCUT2D eigenvalue weighted by Gasteiger charge is 2.03. The van der Waals surface area contributed by atoms with Crippen molar-refractivity contribution in [2.24, 2.45) is 0 Å². The van der Waals surface area contributed by atoms with E-state index in [9.17, 15) is 5.11 Å². The van der Waals surface area contributed by atoms with E-state index in [1.165, 1.54) is 0 Å². The first-order valence-electron chi connectivity index (χ1n) is 5.61. The Morgan fingerprint density at radius 1 is 1.35 bits per heavy atom. The molecule has 1 heterocycles. The van der Waals surface area contributed by atoms with Gasteiger partial charge in [0, 0.05) is 22.9 Å². The third kappa shape index (κ3) is 3.27. The largest absolute Gasteiger partial charge is 0.508 e. The maximum Gasteiger partial charge on any atom is 0.116 e. The lowest BCUT2D eigenvalue weighted by Crippen LogP contribution is -2.01. The Labute approximate surface area is 105 Å². The van der Waals surface area contributed by atoms with Gasteiger partial charge < -0.3 is 5.11 Å². The van der Waals surface area contributed by atoms with Gasteiger partial charge in [0.1, 0.15) is 5.75 Å². The molecular weight excluding hydrogens is 232 g/mol. The average Bonchev–Trinajstić information content (AvgIpc) is 2.75. The lowest BCUT2D eigenvalue weighted by atomic mass is 10.3. The number of nitrogens with zero attached hydrogens (tertiary/aromatic N) is 2.